The second-order valence-corrected chi connectivity index (χ2v) is 7.77. The normalized spacial score (nSPS) is 13.2. The third-order valence-corrected chi connectivity index (χ3v) is 5.63. The van der Waals surface area contributed by atoms with Gasteiger partial charge in [0, 0.05) is 34.6 Å². The van der Waals surface area contributed by atoms with Crippen molar-refractivity contribution in [3.8, 4) is 0 Å². The lowest BCUT2D eigenvalue weighted by atomic mass is 9.78. The summed E-state index contributed by atoms with van der Waals surface area (Å²) in [6, 6.07) is 26.4. The van der Waals surface area contributed by atoms with E-state index in [1.54, 1.807) is 6.92 Å². The summed E-state index contributed by atoms with van der Waals surface area (Å²) in [6.07, 6.45) is 3.56. The standard InChI is InChI=1S/C25H23ClN2O/c1-18(29)28-25(20-10-6-3-7-11-20,15-14-19-8-4-2-5-9-19)23-17-27-24-16-21(26)12-13-22(23)24/h2-13,16-17,27H,14-15H2,1H3,(H,28,29)/t25-/m1/s1. The number of H-pyrrole nitrogens is 1. The van der Waals surface area contributed by atoms with Gasteiger partial charge in [-0.05, 0) is 36.1 Å². The number of carbonyl (C=O) groups excluding carboxylic acids is 1. The summed E-state index contributed by atoms with van der Waals surface area (Å²) in [5.74, 6) is -0.0646. The summed E-state index contributed by atoms with van der Waals surface area (Å²) in [5, 5.41) is 5.03. The number of aryl methyl sites for hydroxylation is 1. The van der Waals surface area contributed by atoms with Crippen molar-refractivity contribution in [3.05, 3.63) is 107 Å². The maximum Gasteiger partial charge on any atom is 0.217 e. The van der Waals surface area contributed by atoms with E-state index in [2.05, 4.69) is 34.6 Å². The van der Waals surface area contributed by atoms with E-state index in [1.165, 1.54) is 5.56 Å². The van der Waals surface area contributed by atoms with Crippen molar-refractivity contribution in [1.82, 2.24) is 10.3 Å². The first-order chi connectivity index (χ1) is 14.1. The van der Waals surface area contributed by atoms with Crippen LogP contribution in [0.5, 0.6) is 0 Å². The zero-order chi connectivity index (χ0) is 20.3. The molecule has 1 aromatic heterocycles. The highest BCUT2D eigenvalue weighted by Crippen LogP contribution is 2.39. The molecule has 2 N–H and O–H groups in total. The molecule has 0 saturated carbocycles. The molecule has 4 rings (SSSR count). The fourth-order valence-electron chi connectivity index (χ4n) is 4.09. The zero-order valence-corrected chi connectivity index (χ0v) is 17.0. The highest BCUT2D eigenvalue weighted by molar-refractivity contribution is 6.31. The molecule has 0 aliphatic carbocycles. The fourth-order valence-corrected chi connectivity index (χ4v) is 4.26. The van der Waals surface area contributed by atoms with Crippen LogP contribution in [0.2, 0.25) is 5.02 Å². The molecule has 4 heteroatoms. The molecule has 146 valence electrons. The van der Waals surface area contributed by atoms with E-state index in [0.29, 0.717) is 5.02 Å². The predicted octanol–water partition coefficient (Wildman–Crippen LogP) is 5.83. The van der Waals surface area contributed by atoms with Crippen LogP contribution < -0.4 is 5.32 Å². The number of halogens is 1. The smallest absolute Gasteiger partial charge is 0.217 e. The third kappa shape index (κ3) is 3.92. The Bertz CT molecular complexity index is 1120. The van der Waals surface area contributed by atoms with Crippen LogP contribution in [0.25, 0.3) is 10.9 Å². The predicted molar refractivity (Wildman–Crippen MR) is 119 cm³/mol. The minimum Gasteiger partial charge on any atom is -0.361 e. The quantitative estimate of drug-likeness (QED) is 0.418. The number of amides is 1. The van der Waals surface area contributed by atoms with E-state index in [9.17, 15) is 4.79 Å². The molecular formula is C25H23ClN2O. The summed E-state index contributed by atoms with van der Waals surface area (Å²) in [6.45, 7) is 1.58. The molecule has 0 bridgehead atoms. The summed E-state index contributed by atoms with van der Waals surface area (Å²) in [4.78, 5) is 15.7. The van der Waals surface area contributed by atoms with E-state index >= 15 is 0 Å². The van der Waals surface area contributed by atoms with Gasteiger partial charge in [0.25, 0.3) is 0 Å². The second kappa shape index (κ2) is 8.14. The molecule has 0 aliphatic rings. The van der Waals surface area contributed by atoms with Crippen LogP contribution in [0.4, 0.5) is 0 Å². The molecule has 0 fully saturated rings. The number of nitrogens with one attached hydrogen (secondary N) is 2. The van der Waals surface area contributed by atoms with Crippen molar-refractivity contribution in [2.24, 2.45) is 0 Å². The molecule has 3 aromatic carbocycles. The van der Waals surface area contributed by atoms with Crippen LogP contribution in [-0.4, -0.2) is 10.9 Å². The highest BCUT2D eigenvalue weighted by atomic mass is 35.5. The number of carbonyl (C=O) groups is 1. The molecule has 0 spiro atoms. The van der Waals surface area contributed by atoms with Crippen LogP contribution in [-0.2, 0) is 16.8 Å². The minimum atomic E-state index is -0.658. The van der Waals surface area contributed by atoms with Gasteiger partial charge in [-0.1, -0.05) is 78.3 Å². The van der Waals surface area contributed by atoms with E-state index < -0.39 is 5.54 Å². The molecule has 4 aromatic rings. The van der Waals surface area contributed by atoms with Gasteiger partial charge in [0.1, 0.15) is 0 Å². The Morgan fingerprint density at radius 1 is 1.00 bits per heavy atom. The van der Waals surface area contributed by atoms with Gasteiger partial charge < -0.3 is 10.3 Å². The molecule has 29 heavy (non-hydrogen) atoms. The van der Waals surface area contributed by atoms with Crippen LogP contribution in [0.3, 0.4) is 0 Å². The Morgan fingerprint density at radius 2 is 1.69 bits per heavy atom. The molecule has 1 amide bonds. The van der Waals surface area contributed by atoms with E-state index in [0.717, 1.165) is 34.9 Å². The summed E-state index contributed by atoms with van der Waals surface area (Å²) < 4.78 is 0. The van der Waals surface area contributed by atoms with Crippen molar-refractivity contribution >= 4 is 28.4 Å². The molecule has 0 saturated heterocycles. The van der Waals surface area contributed by atoms with Gasteiger partial charge in [-0.2, -0.15) is 0 Å². The molecule has 3 nitrogen and oxygen atoms in total. The lowest BCUT2D eigenvalue weighted by molar-refractivity contribution is -0.120. The highest BCUT2D eigenvalue weighted by Gasteiger charge is 2.37. The molecule has 0 radical (unpaired) electrons. The maximum atomic E-state index is 12.4. The summed E-state index contributed by atoms with van der Waals surface area (Å²) in [7, 11) is 0. The third-order valence-electron chi connectivity index (χ3n) is 5.39. The fraction of sp³-hybridized carbons (Fsp3) is 0.160. The Morgan fingerprint density at radius 3 is 2.38 bits per heavy atom. The van der Waals surface area contributed by atoms with Crippen molar-refractivity contribution in [3.63, 3.8) is 0 Å². The monoisotopic (exact) mass is 402 g/mol. The Kier molecular flexibility index (Phi) is 5.41. The first kappa shape index (κ1) is 19.3. The Hall–Kier alpha value is -3.04. The SMILES string of the molecule is CC(=O)N[C@](CCc1ccccc1)(c1ccccc1)c1c[nH]c2cc(Cl)ccc12. The topological polar surface area (TPSA) is 44.9 Å². The molecule has 1 heterocycles. The van der Waals surface area contributed by atoms with Gasteiger partial charge in [-0.3, -0.25) is 4.79 Å². The van der Waals surface area contributed by atoms with Gasteiger partial charge in [-0.25, -0.2) is 0 Å². The van der Waals surface area contributed by atoms with Crippen molar-refractivity contribution in [2.45, 2.75) is 25.3 Å². The van der Waals surface area contributed by atoms with Crippen molar-refractivity contribution in [1.29, 1.82) is 0 Å². The first-order valence-electron chi connectivity index (χ1n) is 9.74. The van der Waals surface area contributed by atoms with E-state index in [-0.39, 0.29) is 5.91 Å². The molecule has 1 atom stereocenters. The molecule has 0 unspecified atom stereocenters. The van der Waals surface area contributed by atoms with E-state index in [4.69, 9.17) is 11.6 Å². The zero-order valence-electron chi connectivity index (χ0n) is 16.3. The van der Waals surface area contributed by atoms with Crippen LogP contribution in [0.1, 0.15) is 30.0 Å². The van der Waals surface area contributed by atoms with E-state index in [1.807, 2.05) is 60.8 Å². The van der Waals surface area contributed by atoms with Crippen LogP contribution in [0.15, 0.2) is 85.1 Å². The average Bonchev–Trinajstić information content (AvgIpc) is 3.16. The molecular weight excluding hydrogens is 380 g/mol. The van der Waals surface area contributed by atoms with Crippen molar-refractivity contribution in [2.75, 3.05) is 0 Å². The van der Waals surface area contributed by atoms with Gasteiger partial charge in [0.15, 0.2) is 0 Å². The molecule has 0 aliphatic heterocycles. The summed E-state index contributed by atoms with van der Waals surface area (Å²) in [5.41, 5.74) is 3.64. The van der Waals surface area contributed by atoms with Gasteiger partial charge >= 0.3 is 0 Å². The lowest BCUT2D eigenvalue weighted by Crippen LogP contribution is -2.46. The lowest BCUT2D eigenvalue weighted by Gasteiger charge is -2.35. The van der Waals surface area contributed by atoms with Crippen LogP contribution >= 0.6 is 11.6 Å². The average molecular weight is 403 g/mol. The number of fused-ring (bicyclic) bond motifs is 1. The minimum absolute atomic E-state index is 0.0646. The Labute approximate surface area is 175 Å². The number of hydrogen-bond acceptors (Lipinski definition) is 1. The number of rotatable bonds is 6. The largest absolute Gasteiger partial charge is 0.361 e. The van der Waals surface area contributed by atoms with Gasteiger partial charge in [0.05, 0.1) is 5.54 Å². The maximum absolute atomic E-state index is 12.4. The Balaban J connectivity index is 1.89. The van der Waals surface area contributed by atoms with Gasteiger partial charge in [0.2, 0.25) is 5.91 Å². The number of aromatic amines is 1. The number of aromatic nitrogens is 1. The number of benzene rings is 3. The first-order valence-corrected chi connectivity index (χ1v) is 10.1. The summed E-state index contributed by atoms with van der Waals surface area (Å²) >= 11 is 6.19. The van der Waals surface area contributed by atoms with Gasteiger partial charge in [-0.15, -0.1) is 0 Å². The van der Waals surface area contributed by atoms with Crippen molar-refractivity contribution < 1.29 is 4.79 Å². The second-order valence-electron chi connectivity index (χ2n) is 7.33. The van der Waals surface area contributed by atoms with Crippen LogP contribution in [0, 0.1) is 0 Å². The number of hydrogen-bond donors (Lipinski definition) is 2.